The van der Waals surface area contributed by atoms with Crippen LogP contribution in [0.25, 0.3) is 22.7 Å². The quantitative estimate of drug-likeness (QED) is 0.375. The van der Waals surface area contributed by atoms with E-state index in [0.717, 1.165) is 16.8 Å². The molecule has 0 aliphatic rings. The summed E-state index contributed by atoms with van der Waals surface area (Å²) < 4.78 is 8.63. The van der Waals surface area contributed by atoms with Crippen LogP contribution in [-0.4, -0.2) is 47.2 Å². The molecule has 0 saturated heterocycles. The molecule has 3 aromatic heterocycles. The van der Waals surface area contributed by atoms with Gasteiger partial charge in [0.15, 0.2) is 5.65 Å². The summed E-state index contributed by atoms with van der Waals surface area (Å²) >= 11 is 12.0. The molecule has 0 spiro atoms. The number of carbonyl (C=O) groups is 1. The Kier molecular flexibility index (Phi) is 4.97. The molecule has 5 rings (SSSR count). The summed E-state index contributed by atoms with van der Waals surface area (Å²) in [7, 11) is 0. The lowest BCUT2D eigenvalue weighted by Crippen LogP contribution is -2.12. The van der Waals surface area contributed by atoms with Crippen LogP contribution in [0.5, 0.6) is 0 Å². The first kappa shape index (κ1) is 19.4. The van der Waals surface area contributed by atoms with Gasteiger partial charge in [-0.25, -0.2) is 9.78 Å². The lowest BCUT2D eigenvalue weighted by molar-refractivity contribution is 0.0509. The minimum absolute atomic E-state index is 0.0910. The van der Waals surface area contributed by atoms with Gasteiger partial charge in [-0.2, -0.15) is 14.1 Å². The maximum absolute atomic E-state index is 12.5. The number of aromatic nitrogens is 7. The van der Waals surface area contributed by atoms with Crippen molar-refractivity contribution in [1.29, 1.82) is 0 Å². The van der Waals surface area contributed by atoms with Crippen molar-refractivity contribution in [2.75, 3.05) is 6.61 Å². The van der Waals surface area contributed by atoms with Crippen LogP contribution in [-0.2, 0) is 11.2 Å². The van der Waals surface area contributed by atoms with Crippen LogP contribution in [0.3, 0.4) is 0 Å². The van der Waals surface area contributed by atoms with E-state index in [2.05, 4.69) is 25.6 Å². The van der Waals surface area contributed by atoms with E-state index in [1.54, 1.807) is 15.1 Å². The average Bonchev–Trinajstić information content (AvgIpc) is 3.43. The first-order valence-corrected chi connectivity index (χ1v) is 9.99. The molecule has 154 valence electrons. The number of hydrogen-bond acceptors (Lipinski definition) is 7. The average molecular weight is 454 g/mol. The molecule has 0 fully saturated rings. The van der Waals surface area contributed by atoms with Crippen molar-refractivity contribution in [3.63, 3.8) is 0 Å². The zero-order valence-corrected chi connectivity index (χ0v) is 17.3. The molecule has 31 heavy (non-hydrogen) atoms. The molecular formula is C20H13Cl2N7O2. The van der Waals surface area contributed by atoms with Gasteiger partial charge in [0.2, 0.25) is 0 Å². The second-order valence-corrected chi connectivity index (χ2v) is 7.43. The summed E-state index contributed by atoms with van der Waals surface area (Å²) in [5.41, 5.74) is 3.27. The van der Waals surface area contributed by atoms with Gasteiger partial charge < -0.3 is 4.74 Å². The summed E-state index contributed by atoms with van der Waals surface area (Å²) in [6.07, 6.45) is 1.79. The third-order valence-corrected chi connectivity index (χ3v) is 5.29. The molecule has 0 aliphatic heterocycles. The molecule has 0 N–H and O–H groups in total. The van der Waals surface area contributed by atoms with Crippen molar-refractivity contribution in [2.24, 2.45) is 0 Å². The smallest absolute Gasteiger partial charge is 0.339 e. The van der Waals surface area contributed by atoms with Crippen molar-refractivity contribution < 1.29 is 9.53 Å². The first-order valence-electron chi connectivity index (χ1n) is 9.24. The van der Waals surface area contributed by atoms with Gasteiger partial charge in [0, 0.05) is 22.6 Å². The highest BCUT2D eigenvalue weighted by molar-refractivity contribution is 6.36. The van der Waals surface area contributed by atoms with E-state index in [9.17, 15) is 4.79 Å². The summed E-state index contributed by atoms with van der Waals surface area (Å²) in [5, 5.41) is 16.9. The van der Waals surface area contributed by atoms with E-state index >= 15 is 0 Å². The fourth-order valence-electron chi connectivity index (χ4n) is 3.39. The fourth-order valence-corrected chi connectivity index (χ4v) is 3.87. The van der Waals surface area contributed by atoms with Gasteiger partial charge in [-0.15, -0.1) is 0 Å². The van der Waals surface area contributed by atoms with E-state index in [1.165, 1.54) is 18.5 Å². The van der Waals surface area contributed by atoms with E-state index < -0.39 is 5.97 Å². The van der Waals surface area contributed by atoms with Gasteiger partial charge in [0.25, 0.3) is 5.78 Å². The second-order valence-electron chi connectivity index (χ2n) is 6.59. The Bertz CT molecular complexity index is 1420. The van der Waals surface area contributed by atoms with E-state index in [-0.39, 0.29) is 17.2 Å². The minimum atomic E-state index is -0.538. The largest absolute Gasteiger partial charge is 0.462 e. The molecule has 5 aromatic rings. The topological polar surface area (TPSA) is 99.6 Å². The van der Waals surface area contributed by atoms with Gasteiger partial charge in [0.05, 0.1) is 22.9 Å². The molecule has 0 unspecified atom stereocenters. The SMILES string of the molecule is O=C(OCCc1c(-c2ccccc2)n2nnnc2n2ncnc12)c1ccc(Cl)cc1Cl. The molecule has 2 aromatic carbocycles. The Balaban J connectivity index is 1.51. The number of tetrazole rings is 1. The van der Waals surface area contributed by atoms with Gasteiger partial charge in [-0.1, -0.05) is 58.6 Å². The van der Waals surface area contributed by atoms with E-state index in [0.29, 0.717) is 22.9 Å². The van der Waals surface area contributed by atoms with Crippen LogP contribution in [0.4, 0.5) is 0 Å². The number of fused-ring (bicyclic) bond motifs is 3. The lowest BCUT2D eigenvalue weighted by atomic mass is 10.0. The molecule has 0 saturated carbocycles. The number of rotatable bonds is 5. The van der Waals surface area contributed by atoms with Gasteiger partial charge in [0.1, 0.15) is 6.33 Å². The number of hydrogen-bond donors (Lipinski definition) is 0. The molecule has 0 amide bonds. The minimum Gasteiger partial charge on any atom is -0.462 e. The molecular weight excluding hydrogens is 441 g/mol. The Hall–Kier alpha value is -3.56. The van der Waals surface area contributed by atoms with Gasteiger partial charge in [-0.05, 0) is 28.6 Å². The van der Waals surface area contributed by atoms with Crippen molar-refractivity contribution in [3.8, 4) is 11.3 Å². The molecule has 0 bridgehead atoms. The van der Waals surface area contributed by atoms with Crippen LogP contribution in [0.15, 0.2) is 54.9 Å². The Morgan fingerprint density at radius 1 is 1.06 bits per heavy atom. The third kappa shape index (κ3) is 3.47. The van der Waals surface area contributed by atoms with E-state index in [1.807, 2.05) is 30.3 Å². The molecule has 0 atom stereocenters. The zero-order chi connectivity index (χ0) is 21.4. The van der Waals surface area contributed by atoms with Crippen LogP contribution in [0.2, 0.25) is 10.0 Å². The Labute approximate surface area is 185 Å². The highest BCUT2D eigenvalue weighted by Crippen LogP contribution is 2.27. The fraction of sp³-hybridized carbons (Fsp3) is 0.100. The van der Waals surface area contributed by atoms with Crippen molar-refractivity contribution in [2.45, 2.75) is 6.42 Å². The van der Waals surface area contributed by atoms with Crippen molar-refractivity contribution in [3.05, 3.63) is 76.0 Å². The standard InChI is InChI=1S/C20H13Cl2N7O2/c21-13-6-7-14(16(22)10-13)19(30)31-9-8-15-17(12-4-2-1-3-5-12)28-20(25-26-27-28)29-18(15)23-11-24-29/h1-7,10-11H,8-9H2. The zero-order valence-electron chi connectivity index (χ0n) is 15.8. The first-order chi connectivity index (χ1) is 15.1. The van der Waals surface area contributed by atoms with Crippen LogP contribution in [0, 0.1) is 0 Å². The molecule has 9 nitrogen and oxygen atoms in total. The third-order valence-electron chi connectivity index (χ3n) is 4.74. The van der Waals surface area contributed by atoms with Crippen LogP contribution >= 0.6 is 23.2 Å². The van der Waals surface area contributed by atoms with Crippen molar-refractivity contribution >= 4 is 40.6 Å². The summed E-state index contributed by atoms with van der Waals surface area (Å²) in [6.45, 7) is 0.0910. The summed E-state index contributed by atoms with van der Waals surface area (Å²) in [6, 6.07) is 14.3. The Morgan fingerprint density at radius 3 is 2.71 bits per heavy atom. The van der Waals surface area contributed by atoms with E-state index in [4.69, 9.17) is 27.9 Å². The Morgan fingerprint density at radius 2 is 1.90 bits per heavy atom. The molecule has 11 heteroatoms. The number of carbonyl (C=O) groups excluding carboxylic acids is 1. The van der Waals surface area contributed by atoms with Crippen LogP contribution < -0.4 is 0 Å². The highest BCUT2D eigenvalue weighted by Gasteiger charge is 2.21. The number of halogens is 2. The number of benzene rings is 2. The van der Waals surface area contributed by atoms with Gasteiger partial charge >= 0.3 is 5.97 Å². The molecule has 3 heterocycles. The molecule has 0 aliphatic carbocycles. The number of nitrogens with zero attached hydrogens (tertiary/aromatic N) is 7. The second kappa shape index (κ2) is 7.93. The highest BCUT2D eigenvalue weighted by atomic mass is 35.5. The molecule has 0 radical (unpaired) electrons. The van der Waals surface area contributed by atoms with Crippen LogP contribution in [0.1, 0.15) is 15.9 Å². The normalized spacial score (nSPS) is 11.3. The maximum atomic E-state index is 12.5. The lowest BCUT2D eigenvalue weighted by Gasteiger charge is -2.13. The summed E-state index contributed by atoms with van der Waals surface area (Å²) in [4.78, 5) is 16.9. The number of esters is 1. The maximum Gasteiger partial charge on any atom is 0.339 e. The summed E-state index contributed by atoms with van der Waals surface area (Å²) in [5.74, 6) is -0.107. The number of ether oxygens (including phenoxy) is 1. The van der Waals surface area contributed by atoms with Gasteiger partial charge in [-0.3, -0.25) is 0 Å². The monoisotopic (exact) mass is 453 g/mol. The van der Waals surface area contributed by atoms with Crippen molar-refractivity contribution in [1.82, 2.24) is 34.6 Å². The predicted molar refractivity (Wildman–Crippen MR) is 113 cm³/mol. The predicted octanol–water partition coefficient (Wildman–Crippen LogP) is 3.54.